The lowest BCUT2D eigenvalue weighted by Crippen LogP contribution is -2.11. The molecule has 130 valence electrons. The molecule has 0 spiro atoms. The number of rotatable bonds is 6. The number of sulfone groups is 1. The Labute approximate surface area is 140 Å². The van der Waals surface area contributed by atoms with Crippen molar-refractivity contribution in [3.8, 4) is 5.88 Å². The maximum absolute atomic E-state index is 12.7. The molecule has 8 heteroatoms. The first-order valence-corrected chi connectivity index (χ1v) is 9.23. The molecule has 0 radical (unpaired) electrons. The lowest BCUT2D eigenvalue weighted by molar-refractivity contribution is 0.103. The van der Waals surface area contributed by atoms with Crippen molar-refractivity contribution in [2.24, 2.45) is 7.05 Å². The van der Waals surface area contributed by atoms with E-state index in [0.29, 0.717) is 23.3 Å². The normalized spacial score (nSPS) is 11.7. The molecule has 1 N–H and O–H groups in total. The van der Waals surface area contributed by atoms with Gasteiger partial charge in [0.15, 0.2) is 15.6 Å². The van der Waals surface area contributed by atoms with Gasteiger partial charge in [-0.2, -0.15) is 5.10 Å². The number of aromatic nitrogens is 2. The second-order valence-corrected chi connectivity index (χ2v) is 7.44. The molecule has 2 rings (SSSR count). The molecule has 7 nitrogen and oxygen atoms in total. The third-order valence-electron chi connectivity index (χ3n) is 3.80. The van der Waals surface area contributed by atoms with Gasteiger partial charge in [0.2, 0.25) is 5.88 Å². The summed E-state index contributed by atoms with van der Waals surface area (Å²) in [6.45, 7) is 3.98. The largest absolute Gasteiger partial charge is 0.493 e. The van der Waals surface area contributed by atoms with Crippen molar-refractivity contribution in [1.29, 1.82) is 0 Å². The quantitative estimate of drug-likeness (QED) is 0.793. The first-order chi connectivity index (χ1) is 11.2. The van der Waals surface area contributed by atoms with E-state index < -0.39 is 15.6 Å². The monoisotopic (exact) mass is 352 g/mol. The summed E-state index contributed by atoms with van der Waals surface area (Å²) >= 11 is 0. The Morgan fingerprint density at radius 3 is 2.50 bits per heavy atom. The zero-order chi connectivity index (χ0) is 18.1. The van der Waals surface area contributed by atoms with Gasteiger partial charge in [-0.25, -0.2) is 13.1 Å². The molecular weight excluding hydrogens is 332 g/mol. The zero-order valence-corrected chi connectivity index (χ0v) is 14.8. The number of hydrogen-bond acceptors (Lipinski definition) is 6. The van der Waals surface area contributed by atoms with Crippen LogP contribution >= 0.6 is 0 Å². The van der Waals surface area contributed by atoms with E-state index >= 15 is 0 Å². The molecule has 0 aliphatic carbocycles. The summed E-state index contributed by atoms with van der Waals surface area (Å²) < 4.78 is 30.5. The van der Waals surface area contributed by atoms with E-state index in [1.807, 2.05) is 0 Å². The number of nitrogens with zero attached hydrogens (tertiary/aromatic N) is 2. The lowest BCUT2D eigenvalue weighted by atomic mass is 9.97. The minimum absolute atomic E-state index is 0.0649. The Hall–Kier alpha value is -2.19. The minimum Gasteiger partial charge on any atom is -0.493 e. The van der Waals surface area contributed by atoms with Crippen molar-refractivity contribution < 1.29 is 23.1 Å². The van der Waals surface area contributed by atoms with Crippen molar-refractivity contribution in [3.63, 3.8) is 0 Å². The average Bonchev–Trinajstić information content (AvgIpc) is 2.84. The molecule has 1 aromatic heterocycles. The fraction of sp³-hybridized carbons (Fsp3) is 0.375. The molecule has 0 amide bonds. The number of carbonyl (C=O) groups excluding carboxylic acids is 1. The maximum atomic E-state index is 12.7. The summed E-state index contributed by atoms with van der Waals surface area (Å²) in [4.78, 5) is 12.8. The van der Waals surface area contributed by atoms with Crippen LogP contribution in [0, 0.1) is 6.92 Å². The second-order valence-electron chi connectivity index (χ2n) is 5.46. The molecule has 1 heterocycles. The number of ketones is 1. The van der Waals surface area contributed by atoms with Gasteiger partial charge in [0.25, 0.3) is 0 Å². The van der Waals surface area contributed by atoms with Crippen LogP contribution in [0.1, 0.15) is 34.0 Å². The molecule has 0 aliphatic rings. The van der Waals surface area contributed by atoms with Crippen molar-refractivity contribution in [2.75, 3.05) is 12.9 Å². The summed E-state index contributed by atoms with van der Waals surface area (Å²) in [5.41, 5.74) is 1.34. The van der Waals surface area contributed by atoms with Gasteiger partial charge < -0.3 is 9.84 Å². The van der Waals surface area contributed by atoms with Crippen LogP contribution in [-0.2, 0) is 28.2 Å². The van der Waals surface area contributed by atoms with E-state index in [2.05, 4.69) is 5.10 Å². The van der Waals surface area contributed by atoms with Crippen LogP contribution in [0.3, 0.4) is 0 Å². The van der Waals surface area contributed by atoms with Gasteiger partial charge in [0, 0.05) is 25.5 Å². The zero-order valence-electron chi connectivity index (χ0n) is 14.0. The van der Waals surface area contributed by atoms with Gasteiger partial charge in [-0.3, -0.25) is 4.79 Å². The van der Waals surface area contributed by atoms with Gasteiger partial charge in [0.1, 0.15) is 5.56 Å². The van der Waals surface area contributed by atoms with Crippen LogP contribution < -0.4 is 0 Å². The van der Waals surface area contributed by atoms with E-state index in [-0.39, 0.29) is 22.9 Å². The third kappa shape index (κ3) is 3.34. The Morgan fingerprint density at radius 1 is 1.33 bits per heavy atom. The molecular formula is C16H20N2O5S. The van der Waals surface area contributed by atoms with Gasteiger partial charge in [0.05, 0.1) is 17.7 Å². The first kappa shape index (κ1) is 18.2. The van der Waals surface area contributed by atoms with E-state index in [1.165, 1.54) is 30.1 Å². The van der Waals surface area contributed by atoms with E-state index in [1.54, 1.807) is 13.8 Å². The molecule has 1 aromatic carbocycles. The minimum atomic E-state index is -3.45. The maximum Gasteiger partial charge on any atom is 0.220 e. The van der Waals surface area contributed by atoms with Crippen LogP contribution in [-0.4, -0.2) is 42.0 Å². The Bertz CT molecular complexity index is 884. The smallest absolute Gasteiger partial charge is 0.220 e. The van der Waals surface area contributed by atoms with Gasteiger partial charge >= 0.3 is 0 Å². The van der Waals surface area contributed by atoms with Crippen molar-refractivity contribution in [3.05, 3.63) is 40.6 Å². The number of aromatic hydroxyl groups is 1. The van der Waals surface area contributed by atoms with Crippen LogP contribution in [0.5, 0.6) is 5.88 Å². The molecule has 0 atom stereocenters. The van der Waals surface area contributed by atoms with Crippen LogP contribution in [0.2, 0.25) is 0 Å². The molecule has 0 fully saturated rings. The molecule has 0 saturated carbocycles. The van der Waals surface area contributed by atoms with Gasteiger partial charge in [-0.15, -0.1) is 0 Å². The highest BCUT2D eigenvalue weighted by atomic mass is 32.2. The fourth-order valence-electron chi connectivity index (χ4n) is 2.45. The molecule has 0 unspecified atom stereocenters. The van der Waals surface area contributed by atoms with E-state index in [0.717, 1.165) is 6.26 Å². The lowest BCUT2D eigenvalue weighted by Gasteiger charge is -2.15. The molecule has 0 saturated heterocycles. The van der Waals surface area contributed by atoms with Gasteiger partial charge in [-0.05, 0) is 37.1 Å². The Morgan fingerprint density at radius 2 is 2.00 bits per heavy atom. The van der Waals surface area contributed by atoms with E-state index in [4.69, 9.17) is 4.74 Å². The summed E-state index contributed by atoms with van der Waals surface area (Å²) in [5.74, 6) is -0.658. The predicted octanol–water partition coefficient (Wildman–Crippen LogP) is 1.61. The highest BCUT2D eigenvalue weighted by molar-refractivity contribution is 7.90. The SMILES string of the molecule is CCOCc1c(S(C)(=O)=O)ccc(C(=O)c2cnn(C)c2O)c1C. The Balaban J connectivity index is 2.60. The van der Waals surface area contributed by atoms with E-state index in [9.17, 15) is 18.3 Å². The number of benzene rings is 1. The van der Waals surface area contributed by atoms with Crippen LogP contribution in [0.25, 0.3) is 0 Å². The van der Waals surface area contributed by atoms with Crippen LogP contribution in [0.15, 0.2) is 23.2 Å². The molecule has 0 aliphatic heterocycles. The van der Waals surface area contributed by atoms with Crippen LogP contribution in [0.4, 0.5) is 0 Å². The summed E-state index contributed by atoms with van der Waals surface area (Å²) in [5, 5.41) is 13.8. The number of hydrogen-bond donors (Lipinski definition) is 1. The highest BCUT2D eigenvalue weighted by Crippen LogP contribution is 2.27. The molecule has 2 aromatic rings. The number of ether oxygens (including phenoxy) is 1. The first-order valence-electron chi connectivity index (χ1n) is 7.34. The summed E-state index contributed by atoms with van der Waals surface area (Å²) in [6.07, 6.45) is 2.40. The average molecular weight is 352 g/mol. The molecule has 0 bridgehead atoms. The highest BCUT2D eigenvalue weighted by Gasteiger charge is 2.23. The number of aryl methyl sites for hydroxylation is 1. The van der Waals surface area contributed by atoms with Crippen molar-refractivity contribution >= 4 is 15.6 Å². The van der Waals surface area contributed by atoms with Crippen molar-refractivity contribution in [2.45, 2.75) is 25.3 Å². The summed E-state index contributed by atoms with van der Waals surface area (Å²) in [6, 6.07) is 2.85. The predicted molar refractivity (Wildman–Crippen MR) is 87.9 cm³/mol. The third-order valence-corrected chi connectivity index (χ3v) is 4.98. The topological polar surface area (TPSA) is 98.5 Å². The Kier molecular flexibility index (Phi) is 5.10. The van der Waals surface area contributed by atoms with Crippen molar-refractivity contribution in [1.82, 2.24) is 9.78 Å². The van der Waals surface area contributed by atoms with Gasteiger partial charge in [-0.1, -0.05) is 0 Å². The standard InChI is InChI=1S/C16H20N2O5S/c1-5-23-9-13-10(2)11(6-7-14(13)24(4,21)22)15(19)12-8-17-18(3)16(12)20/h6-8,20H,5,9H2,1-4H3. The fourth-order valence-corrected chi connectivity index (χ4v) is 3.42. The summed E-state index contributed by atoms with van der Waals surface area (Å²) in [7, 11) is -1.93. The molecule has 24 heavy (non-hydrogen) atoms. The second kappa shape index (κ2) is 6.74. The number of carbonyl (C=O) groups is 1.